The van der Waals surface area contributed by atoms with Crippen molar-refractivity contribution in [1.29, 1.82) is 5.26 Å². The van der Waals surface area contributed by atoms with Crippen LogP contribution in [0.5, 0.6) is 0 Å². The summed E-state index contributed by atoms with van der Waals surface area (Å²) >= 11 is 9.92. The van der Waals surface area contributed by atoms with E-state index in [2.05, 4.69) is 22.4 Å². The van der Waals surface area contributed by atoms with Crippen LogP contribution in [0, 0.1) is 17.1 Å². The summed E-state index contributed by atoms with van der Waals surface area (Å²) in [4.78, 5) is 35.1. The van der Waals surface area contributed by atoms with Crippen molar-refractivity contribution in [2.24, 2.45) is 0 Å². The molecule has 0 radical (unpaired) electrons. The molecule has 2 atom stereocenters. The summed E-state index contributed by atoms with van der Waals surface area (Å²) < 4.78 is 33.0. The Labute approximate surface area is 309 Å². The van der Waals surface area contributed by atoms with Crippen molar-refractivity contribution in [3.8, 4) is 17.2 Å². The first-order valence-corrected chi connectivity index (χ1v) is 19.2. The van der Waals surface area contributed by atoms with E-state index in [9.17, 15) is 14.9 Å². The number of piperazine rings is 1. The second-order valence-corrected chi connectivity index (χ2v) is 17.3. The summed E-state index contributed by atoms with van der Waals surface area (Å²) in [5.41, 5.74) is 3.30. The van der Waals surface area contributed by atoms with Crippen molar-refractivity contribution in [2.75, 3.05) is 29.6 Å². The van der Waals surface area contributed by atoms with Gasteiger partial charge in [-0.1, -0.05) is 17.7 Å². The number of aromatic nitrogens is 1. The van der Waals surface area contributed by atoms with Crippen molar-refractivity contribution < 1.29 is 28.2 Å². The fourth-order valence-electron chi connectivity index (χ4n) is 7.42. The molecule has 2 amide bonds. The molecule has 10 nitrogen and oxygen atoms in total. The van der Waals surface area contributed by atoms with Gasteiger partial charge in [-0.2, -0.15) is 5.26 Å². The number of hydrogen-bond acceptors (Lipinski definition) is 10. The summed E-state index contributed by atoms with van der Waals surface area (Å²) in [5.74, 6) is -0.525. The van der Waals surface area contributed by atoms with Gasteiger partial charge < -0.3 is 24.0 Å². The molecular formula is C37H39ClFN5O5S2. The molecule has 2 aromatic carbocycles. The first kappa shape index (κ1) is 35.6. The number of likely N-dealkylation sites (tertiary alicyclic amines) is 1. The van der Waals surface area contributed by atoms with Crippen molar-refractivity contribution in [1.82, 2.24) is 9.88 Å². The first-order chi connectivity index (χ1) is 24.1. The minimum atomic E-state index is -0.768. The number of carbonyl (C=O) groups excluding carboxylic acids is 2. The molecule has 268 valence electrons. The van der Waals surface area contributed by atoms with Gasteiger partial charge in [-0.15, -0.1) is 23.1 Å². The molecular weight excluding hydrogens is 713 g/mol. The molecule has 4 aromatic rings. The highest BCUT2D eigenvalue weighted by molar-refractivity contribution is 7.98. The van der Waals surface area contributed by atoms with E-state index in [0.717, 1.165) is 51.4 Å². The van der Waals surface area contributed by atoms with Gasteiger partial charge in [0, 0.05) is 47.2 Å². The lowest BCUT2D eigenvalue weighted by Crippen LogP contribution is -2.56. The molecule has 0 aliphatic carbocycles. The quantitative estimate of drug-likeness (QED) is 0.204. The Balaban J connectivity index is 1.38. The molecule has 2 fully saturated rings. The average molecular weight is 752 g/mol. The van der Waals surface area contributed by atoms with Crippen LogP contribution in [0.25, 0.3) is 32.1 Å². The standard InChI is InChI=1S/C37H39ClFN5O5S2/c1-36(2,3)48-34(45)42-33-21(13-40)28-20(10-11-24(39)32(28)51-33)27-22-16-47-17-23(22)29-25(12-26(50-7)41-31(29)30(27)38)44-18-8-9-19(44)15-43(14-18)35(46)49-37(4,5)6/h10-12,18-19H,8-9,14-17H2,1-7H3,(H,42,45). The van der Waals surface area contributed by atoms with E-state index in [1.165, 1.54) is 17.8 Å². The van der Waals surface area contributed by atoms with Crippen molar-refractivity contribution in [3.63, 3.8) is 0 Å². The smallest absolute Gasteiger partial charge is 0.412 e. The van der Waals surface area contributed by atoms with Crippen molar-refractivity contribution >= 4 is 78.6 Å². The van der Waals surface area contributed by atoms with E-state index in [0.29, 0.717) is 46.7 Å². The number of nitriles is 1. The number of anilines is 2. The minimum absolute atomic E-state index is 0.0737. The highest BCUT2D eigenvalue weighted by Crippen LogP contribution is 2.51. The number of nitrogens with one attached hydrogen (secondary N) is 1. The molecule has 0 spiro atoms. The third kappa shape index (κ3) is 6.45. The second-order valence-electron chi connectivity index (χ2n) is 15.1. The Hall–Kier alpha value is -3.83. The molecule has 51 heavy (non-hydrogen) atoms. The fraction of sp³-hybridized carbons (Fsp3) is 0.459. The molecule has 2 bridgehead atoms. The Morgan fingerprint density at radius 1 is 1.08 bits per heavy atom. The normalized spacial score (nSPS) is 18.7. The third-order valence-electron chi connectivity index (χ3n) is 9.27. The lowest BCUT2D eigenvalue weighted by atomic mass is 9.90. The van der Waals surface area contributed by atoms with Gasteiger partial charge in [-0.25, -0.2) is 19.0 Å². The molecule has 3 aliphatic heterocycles. The van der Waals surface area contributed by atoms with E-state index in [1.807, 2.05) is 31.9 Å². The van der Waals surface area contributed by atoms with Gasteiger partial charge in [-0.05, 0) is 89.5 Å². The van der Waals surface area contributed by atoms with E-state index < -0.39 is 23.1 Å². The van der Waals surface area contributed by atoms with Crippen LogP contribution in [0.2, 0.25) is 5.02 Å². The number of ether oxygens (including phenoxy) is 3. The second kappa shape index (κ2) is 13.0. The first-order valence-electron chi connectivity index (χ1n) is 16.8. The highest BCUT2D eigenvalue weighted by atomic mass is 35.5. The molecule has 7 rings (SSSR count). The Bertz CT molecular complexity index is 2140. The predicted octanol–water partition coefficient (Wildman–Crippen LogP) is 9.47. The van der Waals surface area contributed by atoms with Crippen LogP contribution in [-0.2, 0) is 27.4 Å². The number of thioether (sulfide) groups is 1. The average Bonchev–Trinajstić information content (AvgIpc) is 3.73. The molecule has 1 N–H and O–H groups in total. The largest absolute Gasteiger partial charge is 0.444 e. The summed E-state index contributed by atoms with van der Waals surface area (Å²) in [6.45, 7) is 12.5. The number of fused-ring (bicyclic) bond motifs is 6. The molecule has 3 aliphatic rings. The van der Waals surface area contributed by atoms with Crippen molar-refractivity contribution in [2.45, 2.75) is 95.9 Å². The van der Waals surface area contributed by atoms with Crippen molar-refractivity contribution in [3.05, 3.63) is 45.7 Å². The lowest BCUT2D eigenvalue weighted by Gasteiger charge is -2.43. The number of thiophene rings is 1. The maximum atomic E-state index is 15.5. The number of pyridine rings is 1. The van der Waals surface area contributed by atoms with E-state index in [-0.39, 0.29) is 40.0 Å². The monoisotopic (exact) mass is 751 g/mol. The van der Waals surface area contributed by atoms with E-state index >= 15 is 4.39 Å². The zero-order chi connectivity index (χ0) is 36.6. The van der Waals surface area contributed by atoms with Gasteiger partial charge in [-0.3, -0.25) is 5.32 Å². The zero-order valence-electron chi connectivity index (χ0n) is 29.5. The van der Waals surface area contributed by atoms with Crippen LogP contribution >= 0.6 is 34.7 Å². The number of carbonyl (C=O) groups is 2. The van der Waals surface area contributed by atoms with Gasteiger partial charge in [0.25, 0.3) is 0 Å². The zero-order valence-corrected chi connectivity index (χ0v) is 31.9. The predicted molar refractivity (Wildman–Crippen MR) is 199 cm³/mol. The maximum absolute atomic E-state index is 15.5. The number of benzene rings is 2. The number of rotatable bonds is 4. The minimum Gasteiger partial charge on any atom is -0.444 e. The Morgan fingerprint density at radius 2 is 1.75 bits per heavy atom. The Morgan fingerprint density at radius 3 is 2.37 bits per heavy atom. The van der Waals surface area contributed by atoms with Crippen LogP contribution < -0.4 is 10.2 Å². The van der Waals surface area contributed by atoms with Gasteiger partial charge in [0.2, 0.25) is 0 Å². The summed E-state index contributed by atoms with van der Waals surface area (Å²) in [5, 5.41) is 15.6. The van der Waals surface area contributed by atoms with Crippen LogP contribution in [0.1, 0.15) is 71.1 Å². The lowest BCUT2D eigenvalue weighted by molar-refractivity contribution is 0.0209. The molecule has 2 unspecified atom stereocenters. The summed E-state index contributed by atoms with van der Waals surface area (Å²) in [7, 11) is 0. The number of nitrogens with zero attached hydrogens (tertiary/aromatic N) is 4. The SMILES string of the molecule is CSc1cc(N2C3CCC2CN(C(=O)OC(C)(C)C)C3)c2c3c(c(-c4ccc(F)c5sc(NC(=O)OC(C)(C)C)c(C#N)c45)c(Cl)c2n1)COC3. The third-order valence-corrected chi connectivity index (χ3v) is 11.4. The fourth-order valence-corrected chi connectivity index (χ4v) is 9.26. The number of halogens is 2. The maximum Gasteiger partial charge on any atom is 0.412 e. The van der Waals surface area contributed by atoms with Gasteiger partial charge in [0.1, 0.15) is 28.1 Å². The van der Waals surface area contributed by atoms with Gasteiger partial charge in [0.05, 0.1) is 39.0 Å². The van der Waals surface area contributed by atoms with Crippen LogP contribution in [0.4, 0.5) is 24.7 Å². The summed E-state index contributed by atoms with van der Waals surface area (Å²) in [6, 6.07) is 7.43. The van der Waals surface area contributed by atoms with E-state index in [4.69, 9.17) is 30.8 Å². The molecule has 2 aromatic heterocycles. The van der Waals surface area contributed by atoms with Gasteiger partial charge in [0.15, 0.2) is 0 Å². The highest BCUT2D eigenvalue weighted by Gasteiger charge is 2.44. The molecule has 14 heteroatoms. The topological polar surface area (TPSA) is 117 Å². The van der Waals surface area contributed by atoms with E-state index in [1.54, 1.807) is 26.8 Å². The molecule has 2 saturated heterocycles. The Kier molecular flexibility index (Phi) is 9.06. The van der Waals surface area contributed by atoms with Crippen LogP contribution in [0.3, 0.4) is 0 Å². The molecule has 5 heterocycles. The molecule has 0 saturated carbocycles. The van der Waals surface area contributed by atoms with Crippen LogP contribution in [-0.4, -0.2) is 64.7 Å². The number of hydrogen-bond donors (Lipinski definition) is 1. The van der Waals surface area contributed by atoms with Gasteiger partial charge >= 0.3 is 12.2 Å². The number of amides is 2. The van der Waals surface area contributed by atoms with Crippen LogP contribution in [0.15, 0.2) is 23.2 Å². The summed E-state index contributed by atoms with van der Waals surface area (Å²) in [6.07, 6.45) is 2.77.